The van der Waals surface area contributed by atoms with Crippen LogP contribution in [-0.4, -0.2) is 46.1 Å². The molecule has 25 heavy (non-hydrogen) atoms. The van der Waals surface area contributed by atoms with Gasteiger partial charge in [-0.2, -0.15) is 0 Å². The Kier molecular flexibility index (Phi) is 4.00. The van der Waals surface area contributed by atoms with Crippen molar-refractivity contribution in [1.29, 1.82) is 0 Å². The summed E-state index contributed by atoms with van der Waals surface area (Å²) in [5.74, 6) is 0.276. The quantitative estimate of drug-likeness (QED) is 0.889. The molecule has 2 aromatic heterocycles. The van der Waals surface area contributed by atoms with E-state index in [1.807, 2.05) is 0 Å². The molecule has 9 heteroatoms. The van der Waals surface area contributed by atoms with Crippen LogP contribution in [0.15, 0.2) is 38.9 Å². The lowest BCUT2D eigenvalue weighted by molar-refractivity contribution is -0.115. The molecule has 4 heterocycles. The molecule has 1 fully saturated rings. The maximum atomic E-state index is 12.4. The first-order chi connectivity index (χ1) is 12.2. The average molecular weight is 360 g/mol. The summed E-state index contributed by atoms with van der Waals surface area (Å²) in [5, 5.41) is 8.44. The zero-order valence-corrected chi connectivity index (χ0v) is 14.1. The molecule has 130 valence electrons. The molecule has 2 aliphatic rings. The molecule has 4 rings (SSSR count). The molecule has 2 amide bonds. The van der Waals surface area contributed by atoms with E-state index in [1.54, 1.807) is 34.2 Å². The number of nitrogens with one attached hydrogen (secondary N) is 1. The van der Waals surface area contributed by atoms with E-state index < -0.39 is 5.60 Å². The van der Waals surface area contributed by atoms with Gasteiger partial charge in [0.15, 0.2) is 5.60 Å². The topological polar surface area (TPSA) is 97.0 Å². The van der Waals surface area contributed by atoms with E-state index in [1.165, 1.54) is 11.3 Å². The fraction of sp³-hybridized carbons (Fsp3) is 0.375. The predicted molar refractivity (Wildman–Crippen MR) is 89.1 cm³/mol. The van der Waals surface area contributed by atoms with Crippen molar-refractivity contribution in [2.75, 3.05) is 13.1 Å². The number of likely N-dealkylation sites (tertiary alicyclic amines) is 1. The number of carbonyl (C=O) groups excluding carboxylic acids is 2. The van der Waals surface area contributed by atoms with Gasteiger partial charge in [-0.1, -0.05) is 5.16 Å². The number of hydrogen-bond donors (Lipinski definition) is 1. The van der Waals surface area contributed by atoms with Crippen LogP contribution in [-0.2, 0) is 16.2 Å². The summed E-state index contributed by atoms with van der Waals surface area (Å²) in [4.78, 5) is 35.9. The van der Waals surface area contributed by atoms with E-state index >= 15 is 0 Å². The predicted octanol–water partition coefficient (Wildman–Crippen LogP) is 1.41. The summed E-state index contributed by atoms with van der Waals surface area (Å²) >= 11 is 1.39. The molecule has 1 spiro atoms. The summed E-state index contributed by atoms with van der Waals surface area (Å²) < 4.78 is 5.18. The van der Waals surface area contributed by atoms with Crippen molar-refractivity contribution >= 4 is 28.9 Å². The number of rotatable bonds is 4. The summed E-state index contributed by atoms with van der Waals surface area (Å²) in [6.45, 7) is 1.27. The molecule has 1 unspecified atom stereocenters. The zero-order valence-electron chi connectivity index (χ0n) is 13.3. The van der Waals surface area contributed by atoms with E-state index in [-0.39, 0.29) is 11.8 Å². The maximum absolute atomic E-state index is 12.4. The van der Waals surface area contributed by atoms with Crippen LogP contribution >= 0.6 is 11.3 Å². The fourth-order valence-corrected chi connectivity index (χ4v) is 3.57. The van der Waals surface area contributed by atoms with Crippen molar-refractivity contribution in [3.63, 3.8) is 0 Å². The first kappa shape index (κ1) is 15.8. The van der Waals surface area contributed by atoms with Crippen molar-refractivity contribution in [3.05, 3.63) is 40.7 Å². The van der Waals surface area contributed by atoms with Crippen molar-refractivity contribution in [1.82, 2.24) is 15.2 Å². The number of amides is 2. The molecule has 0 aliphatic carbocycles. The van der Waals surface area contributed by atoms with Crippen molar-refractivity contribution in [3.8, 4) is 0 Å². The largest absolute Gasteiger partial charge is 0.467 e. The first-order valence-corrected chi connectivity index (χ1v) is 8.83. The van der Waals surface area contributed by atoms with Crippen molar-refractivity contribution in [2.45, 2.75) is 25.0 Å². The molecule has 2 aromatic rings. The molecule has 0 aromatic carbocycles. The highest BCUT2D eigenvalue weighted by Gasteiger charge is 2.48. The van der Waals surface area contributed by atoms with Gasteiger partial charge in [0, 0.05) is 24.8 Å². The van der Waals surface area contributed by atoms with Gasteiger partial charge < -0.3 is 19.5 Å². The SMILES string of the molecule is O=C(NCc1ccco1)C1=NOC2(CCN(C(=O)c3cscn3)C2)C1. The molecule has 0 bridgehead atoms. The number of thiazole rings is 1. The molecule has 0 radical (unpaired) electrons. The van der Waals surface area contributed by atoms with E-state index in [0.717, 1.165) is 0 Å². The van der Waals surface area contributed by atoms with Crippen LogP contribution in [0.25, 0.3) is 0 Å². The number of furan rings is 1. The molecular formula is C16H16N4O4S. The summed E-state index contributed by atoms with van der Waals surface area (Å²) in [7, 11) is 0. The summed E-state index contributed by atoms with van der Waals surface area (Å²) in [6.07, 6.45) is 2.58. The van der Waals surface area contributed by atoms with Crippen LogP contribution in [0, 0.1) is 0 Å². The molecule has 0 saturated carbocycles. The number of hydrogen-bond acceptors (Lipinski definition) is 7. The summed E-state index contributed by atoms with van der Waals surface area (Å²) in [5.41, 5.74) is 1.81. The van der Waals surface area contributed by atoms with Crippen LogP contribution in [0.4, 0.5) is 0 Å². The maximum Gasteiger partial charge on any atom is 0.273 e. The second kappa shape index (κ2) is 6.32. The third kappa shape index (κ3) is 3.14. The lowest BCUT2D eigenvalue weighted by atomic mass is 9.96. The third-order valence-corrected chi connectivity index (χ3v) is 4.95. The molecule has 1 atom stereocenters. The van der Waals surface area contributed by atoms with Gasteiger partial charge in [0.25, 0.3) is 11.8 Å². The lowest BCUT2D eigenvalue weighted by Crippen LogP contribution is -2.38. The van der Waals surface area contributed by atoms with Gasteiger partial charge in [-0.15, -0.1) is 11.3 Å². The van der Waals surface area contributed by atoms with Gasteiger partial charge >= 0.3 is 0 Å². The number of carbonyl (C=O) groups is 2. The van der Waals surface area contributed by atoms with Gasteiger partial charge in [-0.25, -0.2) is 4.98 Å². The third-order valence-electron chi connectivity index (χ3n) is 4.36. The number of oxime groups is 1. The average Bonchev–Trinajstić information content (AvgIpc) is 3.41. The highest BCUT2D eigenvalue weighted by atomic mass is 32.1. The van der Waals surface area contributed by atoms with E-state index in [2.05, 4.69) is 15.5 Å². The highest BCUT2D eigenvalue weighted by Crippen LogP contribution is 2.34. The Bertz CT molecular complexity index is 802. The first-order valence-electron chi connectivity index (χ1n) is 7.88. The van der Waals surface area contributed by atoms with Crippen LogP contribution in [0.2, 0.25) is 0 Å². The lowest BCUT2D eigenvalue weighted by Gasteiger charge is -2.21. The van der Waals surface area contributed by atoms with Gasteiger partial charge in [0.05, 0.1) is 24.9 Å². The van der Waals surface area contributed by atoms with Gasteiger partial charge in [0.1, 0.15) is 17.2 Å². The van der Waals surface area contributed by atoms with E-state index in [9.17, 15) is 9.59 Å². The molecule has 2 aliphatic heterocycles. The van der Waals surface area contributed by atoms with Crippen LogP contribution < -0.4 is 5.32 Å². The minimum atomic E-state index is -0.608. The summed E-state index contributed by atoms with van der Waals surface area (Å²) in [6, 6.07) is 3.55. The Morgan fingerprint density at radius 2 is 2.36 bits per heavy atom. The Morgan fingerprint density at radius 1 is 1.44 bits per heavy atom. The zero-order chi connectivity index (χ0) is 17.3. The van der Waals surface area contributed by atoms with E-state index in [0.29, 0.717) is 49.6 Å². The van der Waals surface area contributed by atoms with Gasteiger partial charge in [-0.05, 0) is 12.1 Å². The second-order valence-corrected chi connectivity index (χ2v) is 6.82. The van der Waals surface area contributed by atoms with E-state index in [4.69, 9.17) is 9.25 Å². The standard InChI is InChI=1S/C16H16N4O4S/c21-14(17-7-11-2-1-5-23-11)12-6-16(24-19-12)3-4-20(9-16)15(22)13-8-25-10-18-13/h1-2,5,8,10H,3-4,6-7,9H2,(H,17,21). The second-order valence-electron chi connectivity index (χ2n) is 6.10. The molecule has 1 saturated heterocycles. The normalized spacial score (nSPS) is 22.1. The van der Waals surface area contributed by atoms with Gasteiger partial charge in [0.2, 0.25) is 0 Å². The molecule has 1 N–H and O–H groups in total. The fourth-order valence-electron chi connectivity index (χ4n) is 3.04. The minimum absolute atomic E-state index is 0.113. The van der Waals surface area contributed by atoms with Crippen molar-refractivity contribution < 1.29 is 18.8 Å². The number of nitrogens with zero attached hydrogens (tertiary/aromatic N) is 3. The van der Waals surface area contributed by atoms with Crippen LogP contribution in [0.5, 0.6) is 0 Å². The van der Waals surface area contributed by atoms with Crippen molar-refractivity contribution in [2.24, 2.45) is 5.16 Å². The number of aromatic nitrogens is 1. The van der Waals surface area contributed by atoms with Crippen LogP contribution in [0.1, 0.15) is 29.1 Å². The Hall–Kier alpha value is -2.68. The molecular weight excluding hydrogens is 344 g/mol. The Balaban J connectivity index is 1.33. The smallest absolute Gasteiger partial charge is 0.273 e. The molecule has 8 nitrogen and oxygen atoms in total. The minimum Gasteiger partial charge on any atom is -0.467 e. The Morgan fingerprint density at radius 3 is 3.12 bits per heavy atom. The van der Waals surface area contributed by atoms with Crippen LogP contribution in [0.3, 0.4) is 0 Å². The Labute approximate surface area is 147 Å². The van der Waals surface area contributed by atoms with Gasteiger partial charge in [-0.3, -0.25) is 9.59 Å². The monoisotopic (exact) mass is 360 g/mol. The highest BCUT2D eigenvalue weighted by molar-refractivity contribution is 7.07.